The molecule has 1 unspecified atom stereocenters. The van der Waals surface area contributed by atoms with Crippen molar-refractivity contribution in [3.05, 3.63) is 23.4 Å². The zero-order valence-electron chi connectivity index (χ0n) is 9.46. The largest absolute Gasteiger partial charge is 0.318 e. The first-order chi connectivity index (χ1) is 6.04. The lowest BCUT2D eigenvalue weighted by atomic mass is 9.96. The number of nitrogens with zero attached hydrogens (tertiary/aromatic N) is 1. The van der Waals surface area contributed by atoms with E-state index in [2.05, 4.69) is 32.9 Å². The summed E-state index contributed by atoms with van der Waals surface area (Å²) in [5, 5.41) is 1.68. The lowest BCUT2D eigenvalue weighted by Gasteiger charge is -2.20. The molecule has 0 saturated carbocycles. The van der Waals surface area contributed by atoms with Gasteiger partial charge in [-0.05, 0) is 31.8 Å². The average Bonchev–Trinajstić information content (AvgIpc) is 2.11. The molecule has 0 aromatic carbocycles. The normalized spacial score (nSPS) is 15.8. The van der Waals surface area contributed by atoms with Crippen molar-refractivity contribution in [1.29, 1.82) is 0 Å². The van der Waals surface area contributed by atoms with Crippen molar-refractivity contribution >= 4 is 0 Å². The van der Waals surface area contributed by atoms with Crippen LogP contribution in [0.15, 0.2) is 23.4 Å². The van der Waals surface area contributed by atoms with E-state index in [1.165, 1.54) is 5.57 Å². The van der Waals surface area contributed by atoms with Crippen LogP contribution >= 0.6 is 0 Å². The van der Waals surface area contributed by atoms with Gasteiger partial charge in [0.05, 0.1) is 0 Å². The number of hydrogen-bond donors (Lipinski definition) is 1. The third-order valence-corrected chi connectivity index (χ3v) is 2.44. The summed E-state index contributed by atoms with van der Waals surface area (Å²) in [5.74, 6) is 6.27. The van der Waals surface area contributed by atoms with Crippen molar-refractivity contribution in [2.75, 3.05) is 7.05 Å². The first kappa shape index (κ1) is 12.2. The smallest absolute Gasteiger partial charge is 0.0291 e. The maximum atomic E-state index is 5.70. The Morgan fingerprint density at radius 2 is 2.08 bits per heavy atom. The summed E-state index contributed by atoms with van der Waals surface area (Å²) in [6.07, 6.45) is 5.35. The summed E-state index contributed by atoms with van der Waals surface area (Å²) in [5.41, 5.74) is 2.47. The van der Waals surface area contributed by atoms with Crippen LogP contribution in [0.1, 0.15) is 34.1 Å². The summed E-state index contributed by atoms with van der Waals surface area (Å²) in [6.45, 7) is 8.51. The highest BCUT2D eigenvalue weighted by molar-refractivity contribution is 5.25. The van der Waals surface area contributed by atoms with Crippen LogP contribution in [0.3, 0.4) is 0 Å². The molecule has 0 aromatic heterocycles. The standard InChI is InChI=1S/C11H22N2/c1-6-8-11(9(3)7-2)10(4)13(5)12/h6,8-9H,7,12H2,1-5H3/b8-6-,11-10-. The number of hydrogen-bond acceptors (Lipinski definition) is 2. The molecule has 13 heavy (non-hydrogen) atoms. The van der Waals surface area contributed by atoms with E-state index in [9.17, 15) is 0 Å². The van der Waals surface area contributed by atoms with Crippen LogP contribution in [0.5, 0.6) is 0 Å². The van der Waals surface area contributed by atoms with E-state index >= 15 is 0 Å². The van der Waals surface area contributed by atoms with Gasteiger partial charge in [-0.15, -0.1) is 0 Å². The summed E-state index contributed by atoms with van der Waals surface area (Å²) in [7, 11) is 1.88. The second-order valence-corrected chi connectivity index (χ2v) is 3.46. The molecular weight excluding hydrogens is 160 g/mol. The van der Waals surface area contributed by atoms with Gasteiger partial charge in [0, 0.05) is 12.7 Å². The van der Waals surface area contributed by atoms with E-state index in [1.807, 2.05) is 14.0 Å². The monoisotopic (exact) mass is 182 g/mol. The number of allylic oxidation sites excluding steroid dienone is 4. The predicted molar refractivity (Wildman–Crippen MR) is 58.9 cm³/mol. The zero-order valence-corrected chi connectivity index (χ0v) is 9.46. The van der Waals surface area contributed by atoms with Gasteiger partial charge >= 0.3 is 0 Å². The molecular formula is C11H22N2. The Hall–Kier alpha value is -0.760. The van der Waals surface area contributed by atoms with E-state index in [1.54, 1.807) is 5.01 Å². The quantitative estimate of drug-likeness (QED) is 0.411. The molecule has 0 aliphatic heterocycles. The molecule has 0 spiro atoms. The van der Waals surface area contributed by atoms with Crippen LogP contribution in [-0.2, 0) is 0 Å². The van der Waals surface area contributed by atoms with Crippen LogP contribution in [0.4, 0.5) is 0 Å². The third-order valence-electron chi connectivity index (χ3n) is 2.44. The van der Waals surface area contributed by atoms with Gasteiger partial charge in [-0.3, -0.25) is 0 Å². The number of nitrogens with two attached hydrogens (primary N) is 1. The van der Waals surface area contributed by atoms with Crippen molar-refractivity contribution in [3.8, 4) is 0 Å². The van der Waals surface area contributed by atoms with E-state index < -0.39 is 0 Å². The zero-order chi connectivity index (χ0) is 10.4. The molecule has 0 amide bonds. The fourth-order valence-electron chi connectivity index (χ4n) is 1.24. The van der Waals surface area contributed by atoms with Gasteiger partial charge in [0.15, 0.2) is 0 Å². The van der Waals surface area contributed by atoms with Crippen LogP contribution < -0.4 is 5.84 Å². The molecule has 2 nitrogen and oxygen atoms in total. The van der Waals surface area contributed by atoms with Gasteiger partial charge in [0.2, 0.25) is 0 Å². The molecule has 1 atom stereocenters. The Morgan fingerprint density at radius 3 is 2.38 bits per heavy atom. The van der Waals surface area contributed by atoms with Crippen molar-refractivity contribution in [2.24, 2.45) is 11.8 Å². The molecule has 2 N–H and O–H groups in total. The molecule has 0 rings (SSSR count). The fraction of sp³-hybridized carbons (Fsp3) is 0.636. The summed E-state index contributed by atoms with van der Waals surface area (Å²) >= 11 is 0. The first-order valence-corrected chi connectivity index (χ1v) is 4.86. The van der Waals surface area contributed by atoms with Gasteiger partial charge in [-0.1, -0.05) is 26.0 Å². The molecule has 76 valence electrons. The predicted octanol–water partition coefficient (Wildman–Crippen LogP) is 2.69. The molecule has 0 bridgehead atoms. The van der Waals surface area contributed by atoms with Gasteiger partial charge in [-0.2, -0.15) is 0 Å². The van der Waals surface area contributed by atoms with Crippen LogP contribution in [0, 0.1) is 5.92 Å². The minimum atomic E-state index is 0.571. The second kappa shape index (κ2) is 5.81. The third kappa shape index (κ3) is 3.64. The second-order valence-electron chi connectivity index (χ2n) is 3.46. The minimum Gasteiger partial charge on any atom is -0.318 e. The Morgan fingerprint density at radius 1 is 1.54 bits per heavy atom. The van der Waals surface area contributed by atoms with Crippen molar-refractivity contribution in [3.63, 3.8) is 0 Å². The topological polar surface area (TPSA) is 29.3 Å². The molecule has 0 radical (unpaired) electrons. The van der Waals surface area contributed by atoms with Gasteiger partial charge in [-0.25, -0.2) is 5.84 Å². The van der Waals surface area contributed by atoms with Crippen molar-refractivity contribution in [2.45, 2.75) is 34.1 Å². The lowest BCUT2D eigenvalue weighted by Crippen LogP contribution is -2.25. The van der Waals surface area contributed by atoms with E-state index in [4.69, 9.17) is 5.84 Å². The van der Waals surface area contributed by atoms with Crippen LogP contribution in [-0.4, -0.2) is 12.1 Å². The molecule has 0 aromatic rings. The molecule has 0 heterocycles. The van der Waals surface area contributed by atoms with E-state index in [0.29, 0.717) is 5.92 Å². The maximum Gasteiger partial charge on any atom is 0.0291 e. The van der Waals surface area contributed by atoms with Crippen molar-refractivity contribution < 1.29 is 0 Å². The van der Waals surface area contributed by atoms with E-state index in [0.717, 1.165) is 12.1 Å². The van der Waals surface area contributed by atoms with Gasteiger partial charge in [0.25, 0.3) is 0 Å². The minimum absolute atomic E-state index is 0.571. The molecule has 0 aliphatic rings. The number of hydrazine groups is 1. The van der Waals surface area contributed by atoms with Crippen molar-refractivity contribution in [1.82, 2.24) is 5.01 Å². The highest BCUT2D eigenvalue weighted by atomic mass is 15.4. The van der Waals surface area contributed by atoms with E-state index in [-0.39, 0.29) is 0 Å². The van der Waals surface area contributed by atoms with Gasteiger partial charge in [0.1, 0.15) is 0 Å². The van der Waals surface area contributed by atoms with Crippen LogP contribution in [0.2, 0.25) is 0 Å². The summed E-state index contributed by atoms with van der Waals surface area (Å²) in [6, 6.07) is 0. The maximum absolute atomic E-state index is 5.70. The lowest BCUT2D eigenvalue weighted by molar-refractivity contribution is 0.429. The fourth-order valence-corrected chi connectivity index (χ4v) is 1.24. The molecule has 0 aliphatic carbocycles. The molecule has 0 saturated heterocycles. The Balaban J connectivity index is 4.87. The van der Waals surface area contributed by atoms with Gasteiger partial charge < -0.3 is 5.01 Å². The molecule has 2 heteroatoms. The SMILES string of the molecule is C/C=C\C(=C(/C)N(C)N)C(C)CC. The number of rotatable bonds is 4. The molecule has 0 fully saturated rings. The Bertz CT molecular complexity index is 202. The summed E-state index contributed by atoms with van der Waals surface area (Å²) in [4.78, 5) is 0. The average molecular weight is 182 g/mol. The Labute approximate surface area is 82.1 Å². The Kier molecular flexibility index (Phi) is 5.47. The highest BCUT2D eigenvalue weighted by Gasteiger charge is 2.08. The summed E-state index contributed by atoms with van der Waals surface area (Å²) < 4.78 is 0. The first-order valence-electron chi connectivity index (χ1n) is 4.86. The van der Waals surface area contributed by atoms with Crippen LogP contribution in [0.25, 0.3) is 0 Å². The highest BCUT2D eigenvalue weighted by Crippen LogP contribution is 2.20.